The first-order valence-electron chi connectivity index (χ1n) is 9.92. The van der Waals surface area contributed by atoms with E-state index in [1.807, 2.05) is 74.1 Å². The molecule has 2 atom stereocenters. The Labute approximate surface area is 184 Å². The standard InChI is InChI=1S/C8H15NO.C2H6N2.5C2H6.4CH4/c1-6-4-7(2)9(5-6)8(3)10;1-2(3)4;5*1-2;;;;/h6-7H,4-5H2,1-3H3;1H3,(H3,3,4);5*1-2H3;4*1H4. The molecule has 0 aliphatic carbocycles. The molecule has 0 aromatic rings. The van der Waals surface area contributed by atoms with Gasteiger partial charge in [-0.25, -0.2) is 0 Å². The Balaban J connectivity index is -0.0000000196. The number of rotatable bonds is 0. The highest BCUT2D eigenvalue weighted by molar-refractivity contribution is 5.74. The molecular weight excluding hydrogens is 346 g/mol. The lowest BCUT2D eigenvalue weighted by atomic mass is 10.1. The average Bonchev–Trinajstić information content (AvgIpc) is 2.95. The Morgan fingerprint density at radius 2 is 1.00 bits per heavy atom. The van der Waals surface area contributed by atoms with Gasteiger partial charge in [-0.15, -0.1) is 0 Å². The fourth-order valence-corrected chi connectivity index (χ4v) is 1.74. The second-order valence-electron chi connectivity index (χ2n) is 4.04. The number of carbonyl (C=O) groups excluding carboxylic acids is 1. The Kier molecular flexibility index (Phi) is 143. The lowest BCUT2D eigenvalue weighted by Crippen LogP contribution is -2.31. The monoisotopic (exact) mass is 414 g/mol. The minimum Gasteiger partial charge on any atom is -0.388 e. The normalized spacial score (nSPS) is 13.7. The van der Waals surface area contributed by atoms with Gasteiger partial charge in [0.2, 0.25) is 5.91 Å². The van der Waals surface area contributed by atoms with Crippen molar-refractivity contribution in [2.45, 2.75) is 139 Å². The molecule has 0 saturated carbocycles. The number of nitrogens with two attached hydrogens (primary N) is 1. The maximum atomic E-state index is 10.9. The lowest BCUT2D eigenvalue weighted by molar-refractivity contribution is -0.129. The Morgan fingerprint density at radius 1 is 0.786 bits per heavy atom. The van der Waals surface area contributed by atoms with E-state index in [9.17, 15) is 4.79 Å². The molecule has 0 bridgehead atoms. The van der Waals surface area contributed by atoms with Crippen molar-refractivity contribution in [2.24, 2.45) is 11.7 Å². The number of amides is 1. The van der Waals surface area contributed by atoms with Crippen LogP contribution in [0.3, 0.4) is 0 Å². The van der Waals surface area contributed by atoms with Crippen molar-refractivity contribution < 1.29 is 4.79 Å². The van der Waals surface area contributed by atoms with Gasteiger partial charge in [0.15, 0.2) is 0 Å². The van der Waals surface area contributed by atoms with E-state index in [0.717, 1.165) is 6.54 Å². The lowest BCUT2D eigenvalue weighted by Gasteiger charge is -2.18. The first-order valence-corrected chi connectivity index (χ1v) is 9.92. The fourth-order valence-electron chi connectivity index (χ4n) is 1.74. The van der Waals surface area contributed by atoms with Gasteiger partial charge in [0, 0.05) is 19.5 Å². The summed E-state index contributed by atoms with van der Waals surface area (Å²) in [5.74, 6) is 1.08. The van der Waals surface area contributed by atoms with Crippen LogP contribution >= 0.6 is 0 Å². The maximum absolute atomic E-state index is 10.9. The minimum atomic E-state index is 0. The number of nitrogens with zero attached hydrogens (tertiary/aromatic N) is 1. The van der Waals surface area contributed by atoms with Crippen molar-refractivity contribution in [3.05, 3.63) is 0 Å². The van der Waals surface area contributed by atoms with Gasteiger partial charge in [0.25, 0.3) is 0 Å². The molecule has 1 amide bonds. The summed E-state index contributed by atoms with van der Waals surface area (Å²) < 4.78 is 0. The summed E-state index contributed by atoms with van der Waals surface area (Å²) in [6, 6.07) is 0.465. The molecule has 184 valence electrons. The number of carbonyl (C=O) groups is 1. The van der Waals surface area contributed by atoms with Crippen molar-refractivity contribution in [1.82, 2.24) is 4.90 Å². The molecule has 28 heavy (non-hydrogen) atoms. The molecule has 3 N–H and O–H groups in total. The second-order valence-corrected chi connectivity index (χ2v) is 4.04. The van der Waals surface area contributed by atoms with E-state index in [1.165, 1.54) is 13.3 Å². The van der Waals surface area contributed by atoms with Crippen LogP contribution in [0.15, 0.2) is 0 Å². The molecule has 1 rings (SSSR count). The molecule has 0 aromatic carbocycles. The summed E-state index contributed by atoms with van der Waals surface area (Å²) in [6.07, 6.45) is 1.17. The number of hydrogen-bond donors (Lipinski definition) is 2. The van der Waals surface area contributed by atoms with Crippen molar-refractivity contribution in [3.8, 4) is 0 Å². The highest BCUT2D eigenvalue weighted by atomic mass is 16.2. The summed E-state index contributed by atoms with van der Waals surface area (Å²) in [4.78, 5) is 12.9. The predicted molar refractivity (Wildman–Crippen MR) is 142 cm³/mol. The zero-order valence-corrected chi connectivity index (χ0v) is 19.5. The smallest absolute Gasteiger partial charge is 0.219 e. The molecule has 1 aliphatic heterocycles. The van der Waals surface area contributed by atoms with E-state index in [-0.39, 0.29) is 41.4 Å². The van der Waals surface area contributed by atoms with E-state index >= 15 is 0 Å². The summed E-state index contributed by atoms with van der Waals surface area (Å²) >= 11 is 0. The topological polar surface area (TPSA) is 70.2 Å². The van der Waals surface area contributed by atoms with Crippen LogP contribution in [-0.4, -0.2) is 29.2 Å². The van der Waals surface area contributed by atoms with Crippen LogP contribution in [0, 0.1) is 11.3 Å². The van der Waals surface area contributed by atoms with E-state index in [4.69, 9.17) is 11.1 Å². The van der Waals surface area contributed by atoms with Gasteiger partial charge in [0.05, 0.1) is 5.84 Å². The van der Waals surface area contributed by atoms with E-state index in [0.29, 0.717) is 12.0 Å². The minimum absolute atomic E-state index is 0. The summed E-state index contributed by atoms with van der Waals surface area (Å²) in [5, 5.41) is 6.28. The molecule has 4 nitrogen and oxygen atoms in total. The van der Waals surface area contributed by atoms with Gasteiger partial charge in [-0.1, -0.05) is 106 Å². The molecule has 1 fully saturated rings. The van der Waals surface area contributed by atoms with Crippen molar-refractivity contribution in [3.63, 3.8) is 0 Å². The van der Waals surface area contributed by atoms with Crippen LogP contribution in [0.5, 0.6) is 0 Å². The van der Waals surface area contributed by atoms with Gasteiger partial charge >= 0.3 is 0 Å². The van der Waals surface area contributed by atoms with Gasteiger partial charge in [-0.3, -0.25) is 10.2 Å². The van der Waals surface area contributed by atoms with Gasteiger partial charge in [0.1, 0.15) is 0 Å². The third-order valence-electron chi connectivity index (χ3n) is 2.19. The Bertz CT molecular complexity index is 216. The number of likely N-dealkylation sites (tertiary alicyclic amines) is 1. The second kappa shape index (κ2) is 63.5. The van der Waals surface area contributed by atoms with Gasteiger partial charge in [-0.2, -0.15) is 0 Å². The maximum Gasteiger partial charge on any atom is 0.219 e. The van der Waals surface area contributed by atoms with Crippen molar-refractivity contribution in [1.29, 1.82) is 5.41 Å². The molecule has 1 saturated heterocycles. The van der Waals surface area contributed by atoms with Crippen LogP contribution in [0.1, 0.15) is 133 Å². The first-order chi connectivity index (χ1) is 11.3. The number of nitrogens with one attached hydrogen (secondary N) is 1. The van der Waals surface area contributed by atoms with Crippen LogP contribution in [-0.2, 0) is 4.79 Å². The van der Waals surface area contributed by atoms with E-state index in [2.05, 4.69) is 13.8 Å². The van der Waals surface area contributed by atoms with E-state index < -0.39 is 0 Å². The molecule has 4 heteroatoms. The van der Waals surface area contributed by atoms with E-state index in [1.54, 1.807) is 6.92 Å². The molecule has 2 unspecified atom stereocenters. The van der Waals surface area contributed by atoms with Crippen LogP contribution < -0.4 is 5.73 Å². The van der Waals surface area contributed by atoms with Gasteiger partial charge < -0.3 is 10.6 Å². The number of hydrogen-bond acceptors (Lipinski definition) is 2. The van der Waals surface area contributed by atoms with Gasteiger partial charge in [-0.05, 0) is 26.2 Å². The third kappa shape index (κ3) is 64.0. The van der Waals surface area contributed by atoms with Crippen LogP contribution in [0.4, 0.5) is 0 Å². The summed E-state index contributed by atoms with van der Waals surface area (Å²) in [6.45, 7) is 28.4. The molecule has 0 radical (unpaired) electrons. The van der Waals surface area contributed by atoms with Crippen molar-refractivity contribution in [2.75, 3.05) is 6.54 Å². The average molecular weight is 414 g/mol. The molecule has 1 heterocycles. The molecule has 1 aliphatic rings. The zero-order chi connectivity index (χ0) is 21.3. The summed E-state index contributed by atoms with van der Waals surface area (Å²) in [5.41, 5.74) is 4.69. The molecular formula is C24H67N3O. The third-order valence-corrected chi connectivity index (χ3v) is 2.19. The van der Waals surface area contributed by atoms with Crippen LogP contribution in [0.2, 0.25) is 0 Å². The zero-order valence-electron chi connectivity index (χ0n) is 19.5. The molecule has 0 aromatic heterocycles. The highest BCUT2D eigenvalue weighted by Gasteiger charge is 2.27. The van der Waals surface area contributed by atoms with Crippen molar-refractivity contribution >= 4 is 11.7 Å². The Hall–Kier alpha value is -1.06. The summed E-state index contributed by atoms with van der Waals surface area (Å²) in [7, 11) is 0. The number of amidine groups is 1. The predicted octanol–water partition coefficient (Wildman–Crippen LogP) is 8.88. The molecule has 0 spiro atoms. The largest absolute Gasteiger partial charge is 0.388 e. The quantitative estimate of drug-likeness (QED) is 0.307. The SMILES string of the molecule is C.C.C.C.CC.CC.CC.CC.CC.CC(=N)N.CC(=O)N1CC(C)CC1C. The fraction of sp³-hybridized carbons (Fsp3) is 0.917. The highest BCUT2D eigenvalue weighted by Crippen LogP contribution is 2.21. The van der Waals surface area contributed by atoms with Crippen LogP contribution in [0.25, 0.3) is 0 Å². The first kappa shape index (κ1) is 63.2. The Morgan fingerprint density at radius 3 is 1.07 bits per heavy atom.